The van der Waals surface area contributed by atoms with Crippen molar-refractivity contribution in [2.75, 3.05) is 19.3 Å². The second-order valence-electron chi connectivity index (χ2n) is 5.74. The van der Waals surface area contributed by atoms with Crippen LogP contribution in [0.5, 0.6) is 0 Å². The summed E-state index contributed by atoms with van der Waals surface area (Å²) in [5.41, 5.74) is 0.555. The van der Waals surface area contributed by atoms with Gasteiger partial charge in [0.2, 0.25) is 0 Å². The molecule has 2 N–H and O–H groups in total. The van der Waals surface area contributed by atoms with Crippen molar-refractivity contribution in [2.45, 2.75) is 44.7 Å². The number of rotatable bonds is 7. The lowest BCUT2D eigenvalue weighted by Gasteiger charge is -2.27. The molecule has 0 unspecified atom stereocenters. The number of carbonyl (C=O) groups excluding carboxylic acids is 1. The van der Waals surface area contributed by atoms with Gasteiger partial charge in [0.15, 0.2) is 0 Å². The van der Waals surface area contributed by atoms with E-state index in [1.807, 2.05) is 18.4 Å². The highest BCUT2D eigenvalue weighted by Crippen LogP contribution is 2.22. The van der Waals surface area contributed by atoms with Gasteiger partial charge in [0.25, 0.3) is 5.91 Å². The first-order valence-corrected chi connectivity index (χ1v) is 8.94. The number of halogens is 1. The van der Waals surface area contributed by atoms with Crippen molar-refractivity contribution in [3.05, 3.63) is 28.8 Å². The molecule has 0 heterocycles. The van der Waals surface area contributed by atoms with E-state index in [1.54, 1.807) is 17.8 Å². The van der Waals surface area contributed by atoms with Crippen LogP contribution in [0.4, 0.5) is 0 Å². The molecular weight excluding hydrogens is 304 g/mol. The number of amides is 1. The van der Waals surface area contributed by atoms with Crippen LogP contribution in [0.3, 0.4) is 0 Å². The summed E-state index contributed by atoms with van der Waals surface area (Å²) in [6, 6.07) is 6.64. The average molecular weight is 330 g/mol. The molecule has 3 nitrogen and oxygen atoms in total. The average Bonchev–Trinajstić information content (AvgIpc) is 2.43. The predicted octanol–water partition coefficient (Wildman–Crippen LogP) is 2.49. The Morgan fingerprint density at radius 1 is 1.29 bits per heavy atom. The number of quaternary nitrogens is 1. The standard InChI is InChI=1S/C16H25ClN2OS/c1-11(2)19(12(3)4)9-8-18-16(20)14-10-13(21-5)6-7-15(14)17/h6-7,10-12H,8-9H2,1-5H3,(H,18,20)/p+1. The maximum Gasteiger partial charge on any atom is 0.253 e. The van der Waals surface area contributed by atoms with Crippen LogP contribution in [0.1, 0.15) is 38.1 Å². The molecule has 0 atom stereocenters. The first kappa shape index (κ1) is 18.3. The van der Waals surface area contributed by atoms with E-state index in [-0.39, 0.29) is 5.91 Å². The molecule has 5 heteroatoms. The summed E-state index contributed by atoms with van der Waals surface area (Å²) < 4.78 is 0. The predicted molar refractivity (Wildman–Crippen MR) is 91.7 cm³/mol. The van der Waals surface area contributed by atoms with Crippen LogP contribution in [-0.2, 0) is 0 Å². The number of carbonyl (C=O) groups is 1. The summed E-state index contributed by atoms with van der Waals surface area (Å²) in [6.45, 7) is 10.4. The zero-order valence-corrected chi connectivity index (χ0v) is 15.1. The van der Waals surface area contributed by atoms with E-state index >= 15 is 0 Å². The molecule has 0 saturated heterocycles. The van der Waals surface area contributed by atoms with Crippen molar-refractivity contribution in [3.8, 4) is 0 Å². The Morgan fingerprint density at radius 2 is 1.90 bits per heavy atom. The number of benzene rings is 1. The number of hydrogen-bond donors (Lipinski definition) is 2. The highest BCUT2D eigenvalue weighted by molar-refractivity contribution is 7.98. The molecule has 1 rings (SSSR count). The SMILES string of the molecule is CSc1ccc(Cl)c(C(=O)NCC[NH+](C(C)C)C(C)C)c1. The Hall–Kier alpha value is -0.710. The van der Waals surface area contributed by atoms with Crippen LogP contribution in [0.2, 0.25) is 5.02 Å². The van der Waals surface area contributed by atoms with Crippen molar-refractivity contribution in [1.29, 1.82) is 0 Å². The molecular formula is C16H26ClN2OS+. The Kier molecular flexibility index (Phi) is 7.57. The third-order valence-electron chi connectivity index (χ3n) is 3.60. The highest BCUT2D eigenvalue weighted by Gasteiger charge is 2.17. The van der Waals surface area contributed by atoms with E-state index in [4.69, 9.17) is 11.6 Å². The summed E-state index contributed by atoms with van der Waals surface area (Å²) in [5.74, 6) is -0.0947. The Bertz CT molecular complexity index is 469. The molecule has 1 aromatic carbocycles. The van der Waals surface area contributed by atoms with Gasteiger partial charge < -0.3 is 10.2 Å². The summed E-state index contributed by atoms with van der Waals surface area (Å²) in [6.07, 6.45) is 1.98. The Morgan fingerprint density at radius 3 is 2.43 bits per heavy atom. The fraction of sp³-hybridized carbons (Fsp3) is 0.562. The van der Waals surface area contributed by atoms with E-state index < -0.39 is 0 Å². The van der Waals surface area contributed by atoms with Gasteiger partial charge in [0.1, 0.15) is 0 Å². The van der Waals surface area contributed by atoms with E-state index in [0.29, 0.717) is 29.2 Å². The molecule has 118 valence electrons. The molecule has 0 aliphatic carbocycles. The second-order valence-corrected chi connectivity index (χ2v) is 7.02. The van der Waals surface area contributed by atoms with Gasteiger partial charge in [-0.1, -0.05) is 11.6 Å². The van der Waals surface area contributed by atoms with Crippen molar-refractivity contribution in [1.82, 2.24) is 5.32 Å². The number of thioether (sulfide) groups is 1. The van der Waals surface area contributed by atoms with Crippen LogP contribution in [0.25, 0.3) is 0 Å². The van der Waals surface area contributed by atoms with Gasteiger partial charge >= 0.3 is 0 Å². The quantitative estimate of drug-likeness (QED) is 0.754. The molecule has 1 aromatic rings. The highest BCUT2D eigenvalue weighted by atomic mass is 35.5. The van der Waals surface area contributed by atoms with Crippen molar-refractivity contribution < 1.29 is 9.69 Å². The van der Waals surface area contributed by atoms with E-state index in [0.717, 1.165) is 11.4 Å². The molecule has 0 bridgehead atoms. The Balaban J connectivity index is 2.62. The number of nitrogens with one attached hydrogen (secondary N) is 2. The lowest BCUT2D eigenvalue weighted by molar-refractivity contribution is -0.941. The van der Waals surface area contributed by atoms with E-state index in [9.17, 15) is 4.79 Å². The smallest absolute Gasteiger partial charge is 0.253 e. The zero-order valence-electron chi connectivity index (χ0n) is 13.5. The zero-order chi connectivity index (χ0) is 16.0. The second kappa shape index (κ2) is 8.66. The molecule has 0 fully saturated rings. The summed E-state index contributed by atoms with van der Waals surface area (Å²) >= 11 is 7.72. The first-order chi connectivity index (χ1) is 9.86. The van der Waals surface area contributed by atoms with Gasteiger partial charge in [-0.2, -0.15) is 0 Å². The maximum absolute atomic E-state index is 12.2. The summed E-state index contributed by atoms with van der Waals surface area (Å²) in [4.78, 5) is 14.8. The lowest BCUT2D eigenvalue weighted by atomic mass is 10.2. The van der Waals surface area contributed by atoms with Gasteiger partial charge in [-0.25, -0.2) is 0 Å². The number of hydrogen-bond acceptors (Lipinski definition) is 2. The minimum Gasteiger partial charge on any atom is -0.346 e. The molecule has 0 aromatic heterocycles. The Labute approximate surface area is 137 Å². The van der Waals surface area contributed by atoms with Crippen LogP contribution in [0.15, 0.2) is 23.1 Å². The summed E-state index contributed by atoms with van der Waals surface area (Å²) in [7, 11) is 0. The molecule has 0 aliphatic rings. The molecule has 21 heavy (non-hydrogen) atoms. The third-order valence-corrected chi connectivity index (χ3v) is 4.66. The molecule has 0 saturated carbocycles. The van der Waals surface area contributed by atoms with Crippen LogP contribution < -0.4 is 10.2 Å². The van der Waals surface area contributed by atoms with Crippen molar-refractivity contribution >= 4 is 29.3 Å². The van der Waals surface area contributed by atoms with E-state index in [2.05, 4.69) is 33.0 Å². The van der Waals surface area contributed by atoms with Crippen LogP contribution >= 0.6 is 23.4 Å². The fourth-order valence-corrected chi connectivity index (χ4v) is 3.11. The topological polar surface area (TPSA) is 33.5 Å². The minimum absolute atomic E-state index is 0.0947. The van der Waals surface area contributed by atoms with E-state index in [1.165, 1.54) is 4.90 Å². The van der Waals surface area contributed by atoms with Crippen molar-refractivity contribution in [2.24, 2.45) is 0 Å². The molecule has 1 amide bonds. The molecule has 0 aliphatic heterocycles. The fourth-order valence-electron chi connectivity index (χ4n) is 2.46. The first-order valence-electron chi connectivity index (χ1n) is 7.34. The van der Waals surface area contributed by atoms with Gasteiger partial charge in [-0.05, 0) is 52.1 Å². The third kappa shape index (κ3) is 5.53. The van der Waals surface area contributed by atoms with Crippen LogP contribution in [-0.4, -0.2) is 37.3 Å². The van der Waals surface area contributed by atoms with Gasteiger partial charge in [-0.3, -0.25) is 4.79 Å². The maximum atomic E-state index is 12.2. The molecule has 0 radical (unpaired) electrons. The molecule has 0 spiro atoms. The van der Waals surface area contributed by atoms with Gasteiger partial charge in [0, 0.05) is 4.90 Å². The van der Waals surface area contributed by atoms with Crippen molar-refractivity contribution in [3.63, 3.8) is 0 Å². The van der Waals surface area contributed by atoms with Gasteiger partial charge in [-0.15, -0.1) is 11.8 Å². The minimum atomic E-state index is -0.0947. The largest absolute Gasteiger partial charge is 0.346 e. The normalized spacial score (nSPS) is 11.5. The monoisotopic (exact) mass is 329 g/mol. The van der Waals surface area contributed by atoms with Crippen LogP contribution in [0, 0.1) is 0 Å². The van der Waals surface area contributed by atoms with Gasteiger partial charge in [0.05, 0.1) is 35.8 Å². The lowest BCUT2D eigenvalue weighted by Crippen LogP contribution is -3.18. The summed E-state index contributed by atoms with van der Waals surface area (Å²) in [5, 5.41) is 3.48.